The van der Waals surface area contributed by atoms with Crippen LogP contribution in [0.1, 0.15) is 10.4 Å². The Morgan fingerprint density at radius 3 is 2.22 bits per heavy atom. The van der Waals surface area contributed by atoms with E-state index in [0.717, 1.165) is 37.3 Å². The topological polar surface area (TPSA) is 89.3 Å². The number of fused-ring (bicyclic) bond motifs is 1. The number of nitrogens with one attached hydrogen (secondary N) is 1. The summed E-state index contributed by atoms with van der Waals surface area (Å²) in [6, 6.07) is 17.4. The van der Waals surface area contributed by atoms with E-state index in [1.165, 1.54) is 0 Å². The maximum absolute atomic E-state index is 12.9. The van der Waals surface area contributed by atoms with E-state index in [9.17, 15) is 4.79 Å². The molecule has 9 nitrogen and oxygen atoms in total. The van der Waals surface area contributed by atoms with E-state index in [1.54, 1.807) is 33.5 Å². The first-order chi connectivity index (χ1) is 18.0. The number of benzene rings is 3. The zero-order valence-electron chi connectivity index (χ0n) is 21.4. The van der Waals surface area contributed by atoms with Gasteiger partial charge in [-0.25, -0.2) is 0 Å². The van der Waals surface area contributed by atoms with Crippen LogP contribution in [0.5, 0.6) is 17.2 Å². The summed E-state index contributed by atoms with van der Waals surface area (Å²) in [5.41, 5.74) is 4.55. The molecule has 1 aliphatic heterocycles. The van der Waals surface area contributed by atoms with Gasteiger partial charge in [-0.15, -0.1) is 0 Å². The van der Waals surface area contributed by atoms with Crippen molar-refractivity contribution in [2.75, 3.05) is 59.9 Å². The smallest absolute Gasteiger partial charge is 0.300 e. The quantitative estimate of drug-likeness (QED) is 0.391. The van der Waals surface area contributed by atoms with E-state index >= 15 is 0 Å². The van der Waals surface area contributed by atoms with E-state index in [0.29, 0.717) is 45.6 Å². The molecule has 1 saturated heterocycles. The van der Waals surface area contributed by atoms with Crippen molar-refractivity contribution in [1.29, 1.82) is 0 Å². The Bertz CT molecular complexity index is 1380. The maximum atomic E-state index is 12.9. The highest BCUT2D eigenvalue weighted by molar-refractivity contribution is 5.96. The number of hydrogen-bond donors (Lipinski definition) is 1. The number of carbonyl (C=O) groups is 1. The molecule has 192 valence electrons. The number of rotatable bonds is 7. The average Bonchev–Trinajstić information content (AvgIpc) is 3.35. The van der Waals surface area contributed by atoms with E-state index in [4.69, 9.17) is 18.6 Å². The van der Waals surface area contributed by atoms with Gasteiger partial charge in [0, 0.05) is 55.1 Å². The molecule has 1 aromatic heterocycles. The van der Waals surface area contributed by atoms with Gasteiger partial charge >= 0.3 is 0 Å². The van der Waals surface area contributed by atoms with Crippen molar-refractivity contribution in [3.05, 3.63) is 60.2 Å². The van der Waals surface area contributed by atoms with Crippen molar-refractivity contribution in [2.45, 2.75) is 0 Å². The molecular weight excluding hydrogens is 472 g/mol. The van der Waals surface area contributed by atoms with Gasteiger partial charge < -0.3 is 33.7 Å². The zero-order chi connectivity index (χ0) is 25.9. The molecule has 1 aliphatic rings. The molecule has 1 amide bonds. The van der Waals surface area contributed by atoms with Gasteiger partial charge in [0.2, 0.25) is 5.75 Å². The molecule has 0 bridgehead atoms. The Labute approximate surface area is 215 Å². The van der Waals surface area contributed by atoms with Gasteiger partial charge in [-0.1, -0.05) is 24.3 Å². The fourth-order valence-corrected chi connectivity index (χ4v) is 4.49. The predicted octanol–water partition coefficient (Wildman–Crippen LogP) is 4.65. The molecule has 0 saturated carbocycles. The van der Waals surface area contributed by atoms with Gasteiger partial charge in [0.05, 0.1) is 21.3 Å². The Morgan fingerprint density at radius 1 is 0.919 bits per heavy atom. The van der Waals surface area contributed by atoms with Crippen LogP contribution in [0.3, 0.4) is 0 Å². The summed E-state index contributed by atoms with van der Waals surface area (Å²) in [4.78, 5) is 21.7. The van der Waals surface area contributed by atoms with Crippen molar-refractivity contribution >= 4 is 28.7 Å². The van der Waals surface area contributed by atoms with Crippen LogP contribution >= 0.6 is 0 Å². The van der Waals surface area contributed by atoms with Gasteiger partial charge in [0.25, 0.3) is 11.9 Å². The standard InChI is InChI=1S/C28H30N4O5/c1-31-12-14-32(15-13-31)27(33)19-10-8-18(9-11-19)21-6-5-7-22-25(21)37-28(30-22)29-20-16-23(34-2)26(36-4)24(17-20)35-3/h5-11,16-17H,12-15H2,1-4H3,(H,29,30). The van der Waals surface area contributed by atoms with Crippen LogP contribution in [-0.2, 0) is 0 Å². The summed E-state index contributed by atoms with van der Waals surface area (Å²) >= 11 is 0. The van der Waals surface area contributed by atoms with Crippen LogP contribution in [0.25, 0.3) is 22.2 Å². The number of amides is 1. The first-order valence-corrected chi connectivity index (χ1v) is 12.1. The van der Waals surface area contributed by atoms with Crippen LogP contribution in [0.4, 0.5) is 11.7 Å². The second-order valence-corrected chi connectivity index (χ2v) is 8.88. The van der Waals surface area contributed by atoms with Gasteiger partial charge in [-0.05, 0) is 30.8 Å². The first-order valence-electron chi connectivity index (χ1n) is 12.1. The van der Waals surface area contributed by atoms with Crippen LogP contribution in [0.15, 0.2) is 59.0 Å². The molecule has 37 heavy (non-hydrogen) atoms. The Hall–Kier alpha value is -4.24. The molecule has 0 radical (unpaired) electrons. The van der Waals surface area contributed by atoms with Gasteiger partial charge in [-0.2, -0.15) is 4.98 Å². The Kier molecular flexibility index (Phi) is 6.87. The van der Waals surface area contributed by atoms with Crippen molar-refractivity contribution in [3.8, 4) is 28.4 Å². The summed E-state index contributed by atoms with van der Waals surface area (Å²) in [6.45, 7) is 3.28. The highest BCUT2D eigenvalue weighted by Crippen LogP contribution is 2.41. The highest BCUT2D eigenvalue weighted by Gasteiger charge is 2.21. The minimum atomic E-state index is 0.0642. The summed E-state index contributed by atoms with van der Waals surface area (Å²) in [5, 5.41) is 3.19. The molecule has 1 fully saturated rings. The van der Waals surface area contributed by atoms with Crippen LogP contribution < -0.4 is 19.5 Å². The third-order valence-electron chi connectivity index (χ3n) is 6.56. The molecule has 5 rings (SSSR count). The Balaban J connectivity index is 1.40. The van der Waals surface area contributed by atoms with Gasteiger partial charge in [0.15, 0.2) is 17.1 Å². The SMILES string of the molecule is COc1cc(Nc2nc3cccc(-c4ccc(C(=O)N5CCN(C)CC5)cc4)c3o2)cc(OC)c1OC. The monoisotopic (exact) mass is 502 g/mol. The minimum absolute atomic E-state index is 0.0642. The lowest BCUT2D eigenvalue weighted by Gasteiger charge is -2.32. The molecule has 0 atom stereocenters. The largest absolute Gasteiger partial charge is 0.493 e. The minimum Gasteiger partial charge on any atom is -0.493 e. The second-order valence-electron chi connectivity index (χ2n) is 8.88. The molecule has 9 heteroatoms. The van der Waals surface area contributed by atoms with E-state index < -0.39 is 0 Å². The molecule has 0 unspecified atom stereocenters. The first kappa shape index (κ1) is 24.5. The molecule has 3 aromatic carbocycles. The maximum Gasteiger partial charge on any atom is 0.300 e. The van der Waals surface area contributed by atoms with E-state index in [2.05, 4.69) is 22.2 Å². The number of anilines is 2. The molecule has 4 aromatic rings. The number of para-hydroxylation sites is 1. The molecular formula is C28H30N4O5. The molecule has 2 heterocycles. The number of carbonyl (C=O) groups excluding carboxylic acids is 1. The summed E-state index contributed by atoms with van der Waals surface area (Å²) in [7, 11) is 6.77. The summed E-state index contributed by atoms with van der Waals surface area (Å²) in [6.07, 6.45) is 0. The number of hydrogen-bond acceptors (Lipinski definition) is 8. The number of oxazole rings is 1. The summed E-state index contributed by atoms with van der Waals surface area (Å²) < 4.78 is 22.4. The normalized spacial score (nSPS) is 14.0. The predicted molar refractivity (Wildman–Crippen MR) is 142 cm³/mol. The van der Waals surface area contributed by atoms with Crippen LogP contribution in [0.2, 0.25) is 0 Å². The molecule has 1 N–H and O–H groups in total. The van der Waals surface area contributed by atoms with Crippen molar-refractivity contribution in [3.63, 3.8) is 0 Å². The lowest BCUT2D eigenvalue weighted by molar-refractivity contribution is 0.0664. The third-order valence-corrected chi connectivity index (χ3v) is 6.56. The molecule has 0 spiro atoms. The van der Waals surface area contributed by atoms with Crippen molar-refractivity contribution < 1.29 is 23.4 Å². The fourth-order valence-electron chi connectivity index (χ4n) is 4.49. The van der Waals surface area contributed by atoms with Gasteiger partial charge in [0.1, 0.15) is 5.52 Å². The van der Waals surface area contributed by atoms with E-state index in [1.807, 2.05) is 47.4 Å². The number of methoxy groups -OCH3 is 3. The van der Waals surface area contributed by atoms with Crippen LogP contribution in [0, 0.1) is 0 Å². The van der Waals surface area contributed by atoms with E-state index in [-0.39, 0.29) is 5.91 Å². The number of likely N-dealkylation sites (N-methyl/N-ethyl adjacent to an activating group) is 1. The fraction of sp³-hybridized carbons (Fsp3) is 0.286. The van der Waals surface area contributed by atoms with Crippen LogP contribution in [-0.4, -0.2) is 75.2 Å². The number of aromatic nitrogens is 1. The number of piperazine rings is 1. The zero-order valence-corrected chi connectivity index (χ0v) is 21.4. The lowest BCUT2D eigenvalue weighted by Crippen LogP contribution is -2.47. The summed E-state index contributed by atoms with van der Waals surface area (Å²) in [5.74, 6) is 1.61. The van der Waals surface area contributed by atoms with Gasteiger partial charge in [-0.3, -0.25) is 4.79 Å². The number of nitrogens with zero attached hydrogens (tertiary/aromatic N) is 3. The Morgan fingerprint density at radius 2 is 1.59 bits per heavy atom. The average molecular weight is 503 g/mol. The molecule has 0 aliphatic carbocycles. The van der Waals surface area contributed by atoms with Crippen molar-refractivity contribution in [2.24, 2.45) is 0 Å². The third kappa shape index (κ3) is 4.90. The lowest BCUT2D eigenvalue weighted by atomic mass is 10.0. The number of ether oxygens (including phenoxy) is 3. The second kappa shape index (κ2) is 10.4. The highest BCUT2D eigenvalue weighted by atomic mass is 16.5. The van der Waals surface area contributed by atoms with Crippen molar-refractivity contribution in [1.82, 2.24) is 14.8 Å².